The zero-order chi connectivity index (χ0) is 20.2. The fraction of sp³-hybridized carbons (Fsp3) is 0.250. The van der Waals surface area contributed by atoms with Gasteiger partial charge in [-0.2, -0.15) is 0 Å². The standard InChI is InChI=1S/C16H18ClFN4O4S/c1-21(2)8-7-19-27(25,26)12-4-6-14(16(10-12)22(23)24)20-15-9-11(17)3-5-13(15)18/h3-6,9-10,19-20H,7-8H2,1-2H3/p+1. The number of rotatable bonds is 8. The van der Waals surface area contributed by atoms with Crippen LogP contribution in [0.2, 0.25) is 5.02 Å². The van der Waals surface area contributed by atoms with Gasteiger partial charge in [0.1, 0.15) is 11.5 Å². The number of nitro benzene ring substituents is 1. The van der Waals surface area contributed by atoms with Gasteiger partial charge in [-0.25, -0.2) is 17.5 Å². The van der Waals surface area contributed by atoms with Gasteiger partial charge in [-0.05, 0) is 30.3 Å². The largest absolute Gasteiger partial charge is 0.347 e. The first-order valence-electron chi connectivity index (χ1n) is 7.89. The summed E-state index contributed by atoms with van der Waals surface area (Å²) in [6.45, 7) is 0.737. The van der Waals surface area contributed by atoms with E-state index in [1.165, 1.54) is 24.3 Å². The quantitative estimate of drug-likeness (QED) is 0.446. The second-order valence-electron chi connectivity index (χ2n) is 6.04. The summed E-state index contributed by atoms with van der Waals surface area (Å²) < 4.78 is 40.9. The average Bonchev–Trinajstić information content (AvgIpc) is 2.57. The molecule has 0 aliphatic rings. The molecule has 0 unspecified atom stereocenters. The number of sulfonamides is 1. The Bertz CT molecular complexity index is 953. The van der Waals surface area contributed by atoms with Gasteiger partial charge in [0.25, 0.3) is 5.69 Å². The highest BCUT2D eigenvalue weighted by atomic mass is 35.5. The van der Waals surface area contributed by atoms with Gasteiger partial charge in [-0.1, -0.05) is 11.6 Å². The fourth-order valence-electron chi connectivity index (χ4n) is 2.19. The Hall–Kier alpha value is -2.27. The molecule has 8 nitrogen and oxygen atoms in total. The zero-order valence-corrected chi connectivity index (χ0v) is 16.2. The molecule has 0 bridgehead atoms. The fourth-order valence-corrected chi connectivity index (χ4v) is 3.42. The maximum absolute atomic E-state index is 13.9. The topological polar surface area (TPSA) is 106 Å². The van der Waals surface area contributed by atoms with Gasteiger partial charge in [-0.3, -0.25) is 10.1 Å². The van der Waals surface area contributed by atoms with Crippen LogP contribution in [-0.4, -0.2) is 40.5 Å². The number of hydrogen-bond donors (Lipinski definition) is 3. The molecule has 0 saturated carbocycles. The molecule has 0 fully saturated rings. The first kappa shape index (κ1) is 21.0. The highest BCUT2D eigenvalue weighted by Gasteiger charge is 2.22. The van der Waals surface area contributed by atoms with Crippen molar-refractivity contribution in [3.8, 4) is 0 Å². The van der Waals surface area contributed by atoms with Gasteiger partial charge in [-0.15, -0.1) is 0 Å². The number of nitro groups is 1. The first-order valence-corrected chi connectivity index (χ1v) is 9.75. The Labute approximate surface area is 161 Å². The van der Waals surface area contributed by atoms with E-state index in [1.807, 2.05) is 14.1 Å². The SMILES string of the molecule is C[NH+](C)CCNS(=O)(=O)c1ccc(Nc2cc(Cl)ccc2F)c([N+](=O)[O-])c1. The Kier molecular flexibility index (Phi) is 6.71. The van der Waals surface area contributed by atoms with E-state index in [0.29, 0.717) is 6.54 Å². The summed E-state index contributed by atoms with van der Waals surface area (Å²) in [5.74, 6) is -0.654. The number of benzene rings is 2. The molecule has 0 amide bonds. The number of hydrogen-bond acceptors (Lipinski definition) is 5. The van der Waals surface area contributed by atoms with Crippen LogP contribution in [0.5, 0.6) is 0 Å². The molecule has 0 atom stereocenters. The molecule has 0 saturated heterocycles. The van der Waals surface area contributed by atoms with Crippen LogP contribution in [0.15, 0.2) is 41.3 Å². The third-order valence-electron chi connectivity index (χ3n) is 3.59. The molecule has 0 heterocycles. The molecule has 3 N–H and O–H groups in total. The van der Waals surface area contributed by atoms with E-state index in [2.05, 4.69) is 10.0 Å². The number of halogens is 2. The third-order valence-corrected chi connectivity index (χ3v) is 5.28. The monoisotopic (exact) mass is 417 g/mol. The lowest BCUT2D eigenvalue weighted by Crippen LogP contribution is -3.06. The highest BCUT2D eigenvalue weighted by Crippen LogP contribution is 2.32. The number of anilines is 2. The predicted octanol–water partition coefficient (Wildman–Crippen LogP) is 1.55. The maximum Gasteiger partial charge on any atom is 0.294 e. The molecular weight excluding hydrogens is 399 g/mol. The first-order chi connectivity index (χ1) is 12.6. The van der Waals surface area contributed by atoms with E-state index in [9.17, 15) is 22.9 Å². The second kappa shape index (κ2) is 8.61. The summed E-state index contributed by atoms with van der Waals surface area (Å²) >= 11 is 5.81. The van der Waals surface area contributed by atoms with E-state index >= 15 is 0 Å². The smallest absolute Gasteiger partial charge is 0.294 e. The molecule has 2 rings (SSSR count). The summed E-state index contributed by atoms with van der Waals surface area (Å²) in [5, 5.41) is 14.2. The van der Waals surface area contributed by atoms with Crippen LogP contribution in [0.3, 0.4) is 0 Å². The molecule has 0 spiro atoms. The number of nitrogens with zero attached hydrogens (tertiary/aromatic N) is 1. The summed E-state index contributed by atoms with van der Waals surface area (Å²) in [5.41, 5.74) is -0.623. The molecule has 27 heavy (non-hydrogen) atoms. The van der Waals surface area contributed by atoms with Gasteiger partial charge < -0.3 is 10.2 Å². The normalized spacial score (nSPS) is 11.6. The third kappa shape index (κ3) is 5.60. The molecule has 2 aromatic carbocycles. The summed E-state index contributed by atoms with van der Waals surface area (Å²) in [4.78, 5) is 11.4. The summed E-state index contributed by atoms with van der Waals surface area (Å²) in [6.07, 6.45) is 0. The van der Waals surface area contributed by atoms with Crippen LogP contribution < -0.4 is 14.9 Å². The minimum Gasteiger partial charge on any atom is -0.347 e. The van der Waals surface area contributed by atoms with Crippen molar-refractivity contribution in [1.82, 2.24) is 4.72 Å². The Morgan fingerprint density at radius 3 is 2.52 bits per heavy atom. The van der Waals surface area contributed by atoms with Crippen molar-refractivity contribution in [2.24, 2.45) is 0 Å². The van der Waals surface area contributed by atoms with Gasteiger partial charge >= 0.3 is 0 Å². The molecular formula is C16H19ClFN4O4S+. The van der Waals surface area contributed by atoms with Crippen molar-refractivity contribution in [3.63, 3.8) is 0 Å². The minimum atomic E-state index is -3.91. The summed E-state index contributed by atoms with van der Waals surface area (Å²) in [6, 6.07) is 7.08. The van der Waals surface area contributed by atoms with Crippen LogP contribution in [0, 0.1) is 15.9 Å². The Morgan fingerprint density at radius 1 is 1.19 bits per heavy atom. The van der Waals surface area contributed by atoms with E-state index in [0.717, 1.165) is 17.0 Å². The predicted molar refractivity (Wildman–Crippen MR) is 101 cm³/mol. The number of nitrogens with one attached hydrogen (secondary N) is 3. The van der Waals surface area contributed by atoms with Crippen LogP contribution in [0.25, 0.3) is 0 Å². The molecule has 0 aliphatic carbocycles. The van der Waals surface area contributed by atoms with E-state index in [4.69, 9.17) is 11.6 Å². The molecule has 0 radical (unpaired) electrons. The van der Waals surface area contributed by atoms with Crippen LogP contribution >= 0.6 is 11.6 Å². The van der Waals surface area contributed by atoms with Crippen molar-refractivity contribution >= 4 is 38.7 Å². The molecule has 0 aliphatic heterocycles. The van der Waals surface area contributed by atoms with Crippen LogP contribution in [0.4, 0.5) is 21.5 Å². The average molecular weight is 418 g/mol. The molecule has 11 heteroatoms. The van der Waals surface area contributed by atoms with Gasteiger partial charge in [0.2, 0.25) is 10.0 Å². The minimum absolute atomic E-state index is 0.0575. The zero-order valence-electron chi connectivity index (χ0n) is 14.6. The lowest BCUT2D eigenvalue weighted by atomic mass is 10.2. The van der Waals surface area contributed by atoms with E-state index in [-0.39, 0.29) is 27.8 Å². The Balaban J connectivity index is 2.34. The number of likely N-dealkylation sites (N-methyl/N-ethyl adjacent to an activating group) is 1. The van der Waals surface area contributed by atoms with Crippen LogP contribution in [0.1, 0.15) is 0 Å². The van der Waals surface area contributed by atoms with Gasteiger partial charge in [0, 0.05) is 11.1 Å². The Morgan fingerprint density at radius 2 is 1.89 bits per heavy atom. The molecule has 2 aromatic rings. The van der Waals surface area contributed by atoms with Crippen molar-refractivity contribution in [1.29, 1.82) is 0 Å². The lowest BCUT2D eigenvalue weighted by molar-refractivity contribution is -0.856. The van der Waals surface area contributed by atoms with E-state index < -0.39 is 26.5 Å². The lowest BCUT2D eigenvalue weighted by Gasteiger charge is -2.11. The van der Waals surface area contributed by atoms with Crippen molar-refractivity contribution < 1.29 is 22.6 Å². The summed E-state index contributed by atoms with van der Waals surface area (Å²) in [7, 11) is -0.168. The van der Waals surface area contributed by atoms with Crippen molar-refractivity contribution in [3.05, 3.63) is 57.4 Å². The highest BCUT2D eigenvalue weighted by molar-refractivity contribution is 7.89. The van der Waals surface area contributed by atoms with Gasteiger partial charge in [0.05, 0.1) is 42.7 Å². The van der Waals surface area contributed by atoms with Crippen molar-refractivity contribution in [2.45, 2.75) is 4.90 Å². The molecule has 0 aromatic heterocycles. The van der Waals surface area contributed by atoms with Gasteiger partial charge in [0.15, 0.2) is 0 Å². The second-order valence-corrected chi connectivity index (χ2v) is 8.24. The number of quaternary nitrogens is 1. The van der Waals surface area contributed by atoms with Crippen LogP contribution in [-0.2, 0) is 10.0 Å². The molecule has 146 valence electrons. The maximum atomic E-state index is 13.9. The van der Waals surface area contributed by atoms with E-state index in [1.54, 1.807) is 0 Å². The van der Waals surface area contributed by atoms with Crippen molar-refractivity contribution in [2.75, 3.05) is 32.5 Å².